The predicted molar refractivity (Wildman–Crippen MR) is 76.1 cm³/mol. The highest BCUT2D eigenvalue weighted by atomic mass is 16.5. The predicted octanol–water partition coefficient (Wildman–Crippen LogP) is 2.08. The lowest BCUT2D eigenvalue weighted by atomic mass is 10.0. The Morgan fingerprint density at radius 1 is 1.53 bits per heavy atom. The summed E-state index contributed by atoms with van der Waals surface area (Å²) >= 11 is 0. The molecule has 1 aliphatic heterocycles. The fourth-order valence-electron chi connectivity index (χ4n) is 2.54. The van der Waals surface area contributed by atoms with Crippen molar-refractivity contribution in [2.45, 2.75) is 20.3 Å². The van der Waals surface area contributed by atoms with Gasteiger partial charge in [0.15, 0.2) is 0 Å². The first-order chi connectivity index (χ1) is 9.13. The molecule has 1 aliphatic rings. The first kappa shape index (κ1) is 13.9. The van der Waals surface area contributed by atoms with Gasteiger partial charge in [-0.05, 0) is 31.9 Å². The summed E-state index contributed by atoms with van der Waals surface area (Å²) in [5, 5.41) is 0. The summed E-state index contributed by atoms with van der Waals surface area (Å²) in [5.74, 6) is 0.485. The Morgan fingerprint density at radius 3 is 2.89 bits per heavy atom. The van der Waals surface area contributed by atoms with Crippen molar-refractivity contribution in [2.75, 3.05) is 32.0 Å². The van der Waals surface area contributed by atoms with Crippen molar-refractivity contribution >= 4 is 11.6 Å². The minimum Gasteiger partial charge on any atom is -0.398 e. The number of amides is 1. The van der Waals surface area contributed by atoms with Crippen LogP contribution in [0.4, 0.5) is 5.69 Å². The summed E-state index contributed by atoms with van der Waals surface area (Å²) in [6.45, 7) is 6.94. The van der Waals surface area contributed by atoms with Gasteiger partial charge in [0.05, 0.1) is 12.2 Å². The summed E-state index contributed by atoms with van der Waals surface area (Å²) in [5.41, 5.74) is 8.09. The fourth-order valence-corrected chi connectivity index (χ4v) is 2.54. The summed E-state index contributed by atoms with van der Waals surface area (Å²) in [7, 11) is 0. The lowest BCUT2D eigenvalue weighted by Crippen LogP contribution is -2.36. The lowest BCUT2D eigenvalue weighted by molar-refractivity contribution is 0.0731. The van der Waals surface area contributed by atoms with Crippen molar-refractivity contribution in [3.8, 4) is 0 Å². The average Bonchev–Trinajstić information content (AvgIpc) is 2.88. The normalized spacial score (nSPS) is 18.5. The van der Waals surface area contributed by atoms with E-state index in [-0.39, 0.29) is 5.91 Å². The molecule has 104 valence electrons. The smallest absolute Gasteiger partial charge is 0.256 e. The summed E-state index contributed by atoms with van der Waals surface area (Å²) in [6.07, 6.45) is 1.03. The van der Waals surface area contributed by atoms with Crippen molar-refractivity contribution in [1.82, 2.24) is 4.90 Å². The van der Waals surface area contributed by atoms with Crippen LogP contribution < -0.4 is 5.73 Å². The van der Waals surface area contributed by atoms with Gasteiger partial charge in [0.1, 0.15) is 0 Å². The van der Waals surface area contributed by atoms with Crippen LogP contribution in [0.2, 0.25) is 0 Å². The number of benzene rings is 1. The summed E-state index contributed by atoms with van der Waals surface area (Å²) < 4.78 is 5.37. The van der Waals surface area contributed by atoms with Crippen LogP contribution >= 0.6 is 0 Å². The number of nitrogens with two attached hydrogens (primary N) is 1. The van der Waals surface area contributed by atoms with Gasteiger partial charge in [0.2, 0.25) is 0 Å². The number of carbonyl (C=O) groups is 1. The molecule has 1 aromatic rings. The zero-order valence-electron chi connectivity index (χ0n) is 11.7. The van der Waals surface area contributed by atoms with Crippen molar-refractivity contribution < 1.29 is 9.53 Å². The van der Waals surface area contributed by atoms with E-state index in [2.05, 4.69) is 0 Å². The molecule has 1 heterocycles. The van der Waals surface area contributed by atoms with Crippen LogP contribution in [0, 0.1) is 12.8 Å². The summed E-state index contributed by atoms with van der Waals surface area (Å²) in [6, 6.07) is 5.59. The Morgan fingerprint density at radius 2 is 2.32 bits per heavy atom. The number of anilines is 1. The topological polar surface area (TPSA) is 55.6 Å². The zero-order valence-corrected chi connectivity index (χ0v) is 11.7. The molecule has 0 spiro atoms. The third kappa shape index (κ3) is 3.07. The van der Waals surface area contributed by atoms with Gasteiger partial charge in [-0.15, -0.1) is 0 Å². The van der Waals surface area contributed by atoms with Crippen molar-refractivity contribution in [3.05, 3.63) is 29.3 Å². The van der Waals surface area contributed by atoms with Crippen molar-refractivity contribution in [3.63, 3.8) is 0 Å². The molecule has 19 heavy (non-hydrogen) atoms. The largest absolute Gasteiger partial charge is 0.398 e. The zero-order chi connectivity index (χ0) is 13.8. The maximum Gasteiger partial charge on any atom is 0.256 e. The number of carbonyl (C=O) groups excluding carboxylic acids is 1. The lowest BCUT2D eigenvalue weighted by Gasteiger charge is -2.25. The number of nitrogen functional groups attached to an aromatic ring is 1. The SMILES string of the molecule is CCN(CC1CCOC1)C(=O)c1c(C)cccc1N. The Labute approximate surface area is 114 Å². The van der Waals surface area contributed by atoms with E-state index in [1.807, 2.05) is 30.9 Å². The van der Waals surface area contributed by atoms with Crippen LogP contribution in [0.5, 0.6) is 0 Å². The maximum absolute atomic E-state index is 12.6. The molecule has 1 saturated heterocycles. The van der Waals surface area contributed by atoms with Crippen LogP contribution in [0.3, 0.4) is 0 Å². The highest BCUT2D eigenvalue weighted by Gasteiger charge is 2.24. The van der Waals surface area contributed by atoms with E-state index in [9.17, 15) is 4.79 Å². The molecule has 0 saturated carbocycles. The Balaban J connectivity index is 2.15. The maximum atomic E-state index is 12.6. The molecule has 0 bridgehead atoms. The first-order valence-corrected chi connectivity index (χ1v) is 6.85. The molecule has 4 heteroatoms. The molecule has 1 amide bonds. The molecular weight excluding hydrogens is 240 g/mol. The molecule has 2 N–H and O–H groups in total. The van der Waals surface area contributed by atoms with Gasteiger partial charge in [-0.2, -0.15) is 0 Å². The van der Waals surface area contributed by atoms with Crippen LogP contribution in [-0.2, 0) is 4.74 Å². The van der Waals surface area contributed by atoms with E-state index in [1.54, 1.807) is 6.07 Å². The number of nitrogens with zero attached hydrogens (tertiary/aromatic N) is 1. The minimum atomic E-state index is 0.0324. The van der Waals surface area contributed by atoms with Gasteiger partial charge in [-0.3, -0.25) is 4.79 Å². The van der Waals surface area contributed by atoms with E-state index in [0.29, 0.717) is 23.7 Å². The number of hydrogen-bond donors (Lipinski definition) is 1. The second-order valence-corrected chi connectivity index (χ2v) is 5.11. The first-order valence-electron chi connectivity index (χ1n) is 6.85. The second-order valence-electron chi connectivity index (χ2n) is 5.11. The number of ether oxygens (including phenoxy) is 1. The van der Waals surface area contributed by atoms with Crippen LogP contribution in [0.25, 0.3) is 0 Å². The van der Waals surface area contributed by atoms with Crippen LogP contribution in [0.15, 0.2) is 18.2 Å². The third-order valence-electron chi connectivity index (χ3n) is 3.69. The van der Waals surface area contributed by atoms with E-state index >= 15 is 0 Å². The molecule has 1 aromatic carbocycles. The monoisotopic (exact) mass is 262 g/mol. The van der Waals surface area contributed by atoms with Crippen molar-refractivity contribution in [1.29, 1.82) is 0 Å². The van der Waals surface area contributed by atoms with Gasteiger partial charge in [-0.1, -0.05) is 12.1 Å². The Kier molecular flexibility index (Phi) is 4.43. The van der Waals surface area contributed by atoms with E-state index < -0.39 is 0 Å². The van der Waals surface area contributed by atoms with Crippen LogP contribution in [-0.4, -0.2) is 37.1 Å². The Bertz CT molecular complexity index is 433. The van der Waals surface area contributed by atoms with E-state index in [4.69, 9.17) is 10.5 Å². The van der Waals surface area contributed by atoms with Crippen molar-refractivity contribution in [2.24, 2.45) is 5.92 Å². The molecule has 0 aliphatic carbocycles. The highest BCUT2D eigenvalue weighted by Crippen LogP contribution is 2.21. The van der Waals surface area contributed by atoms with Gasteiger partial charge in [0.25, 0.3) is 5.91 Å². The number of aryl methyl sites for hydroxylation is 1. The van der Waals surface area contributed by atoms with Gasteiger partial charge in [0, 0.05) is 31.3 Å². The molecule has 1 fully saturated rings. The molecule has 1 unspecified atom stereocenters. The standard InChI is InChI=1S/C15H22N2O2/c1-3-17(9-12-7-8-19-10-12)15(18)14-11(2)5-4-6-13(14)16/h4-6,12H,3,7-10,16H2,1-2H3. The average molecular weight is 262 g/mol. The number of hydrogen-bond acceptors (Lipinski definition) is 3. The molecule has 1 atom stereocenters. The molecule has 0 aromatic heterocycles. The molecule has 4 nitrogen and oxygen atoms in total. The molecular formula is C15H22N2O2. The Hall–Kier alpha value is -1.55. The second kappa shape index (κ2) is 6.06. The van der Waals surface area contributed by atoms with E-state index in [1.165, 1.54) is 0 Å². The highest BCUT2D eigenvalue weighted by molar-refractivity contribution is 6.00. The van der Waals surface area contributed by atoms with E-state index in [0.717, 1.165) is 31.7 Å². The fraction of sp³-hybridized carbons (Fsp3) is 0.533. The molecule has 0 radical (unpaired) electrons. The third-order valence-corrected chi connectivity index (χ3v) is 3.69. The molecule has 2 rings (SSSR count). The van der Waals surface area contributed by atoms with Crippen LogP contribution in [0.1, 0.15) is 29.3 Å². The van der Waals surface area contributed by atoms with Gasteiger partial charge >= 0.3 is 0 Å². The minimum absolute atomic E-state index is 0.0324. The van der Waals surface area contributed by atoms with Gasteiger partial charge < -0.3 is 15.4 Å². The quantitative estimate of drug-likeness (QED) is 0.845. The van der Waals surface area contributed by atoms with Gasteiger partial charge in [-0.25, -0.2) is 0 Å². The summed E-state index contributed by atoms with van der Waals surface area (Å²) in [4.78, 5) is 14.5. The number of rotatable bonds is 4.